The standard InChI is InChI=1S/C7H8FSi/c1-9(8)7-5-3-2-4-6-7/h2-6H,1H3. The molecule has 1 aromatic carbocycles. The number of hydrogen-bond donors (Lipinski definition) is 0. The molecule has 0 nitrogen and oxygen atoms in total. The van der Waals surface area contributed by atoms with Gasteiger partial charge in [0.15, 0.2) is 0 Å². The second kappa shape index (κ2) is 2.78. The summed E-state index contributed by atoms with van der Waals surface area (Å²) in [5.41, 5.74) is 0. The van der Waals surface area contributed by atoms with Crippen molar-refractivity contribution in [3.63, 3.8) is 0 Å². The summed E-state index contributed by atoms with van der Waals surface area (Å²) < 4.78 is 12.5. The van der Waals surface area contributed by atoms with Crippen molar-refractivity contribution in [1.29, 1.82) is 0 Å². The lowest BCUT2D eigenvalue weighted by Gasteiger charge is -1.94. The third-order valence-corrected chi connectivity index (χ3v) is 2.30. The van der Waals surface area contributed by atoms with Crippen LogP contribution in [0.2, 0.25) is 6.55 Å². The maximum atomic E-state index is 12.5. The van der Waals surface area contributed by atoms with E-state index in [9.17, 15) is 4.11 Å². The summed E-state index contributed by atoms with van der Waals surface area (Å²) in [5, 5.41) is 0.850. The molecule has 47 valence electrons. The highest BCUT2D eigenvalue weighted by molar-refractivity contribution is 6.65. The van der Waals surface area contributed by atoms with Gasteiger partial charge in [-0.3, -0.25) is 0 Å². The van der Waals surface area contributed by atoms with E-state index in [2.05, 4.69) is 0 Å². The highest BCUT2D eigenvalue weighted by atomic mass is 28.3. The summed E-state index contributed by atoms with van der Waals surface area (Å²) in [4.78, 5) is 0. The van der Waals surface area contributed by atoms with Crippen LogP contribution in [0.5, 0.6) is 0 Å². The van der Waals surface area contributed by atoms with E-state index in [0.29, 0.717) is 0 Å². The third-order valence-electron chi connectivity index (χ3n) is 1.17. The monoisotopic (exact) mass is 139 g/mol. The molecule has 0 aromatic heterocycles. The second-order valence-electron chi connectivity index (χ2n) is 1.90. The molecular formula is C7H8FSi. The lowest BCUT2D eigenvalue weighted by Crippen LogP contribution is -2.20. The molecule has 0 spiro atoms. The van der Waals surface area contributed by atoms with E-state index < -0.39 is 9.13 Å². The van der Waals surface area contributed by atoms with Crippen LogP contribution in [0.1, 0.15) is 0 Å². The molecule has 0 N–H and O–H groups in total. The minimum absolute atomic E-state index is 0.850. The predicted octanol–water partition coefficient (Wildman–Crippen LogP) is 1.48. The molecule has 1 aromatic rings. The van der Waals surface area contributed by atoms with Gasteiger partial charge in [-0.1, -0.05) is 30.3 Å². The topological polar surface area (TPSA) is 0 Å². The maximum Gasteiger partial charge on any atom is 0.302 e. The average Bonchev–Trinajstić information content (AvgIpc) is 1.90. The Morgan fingerprint density at radius 1 is 1.22 bits per heavy atom. The zero-order chi connectivity index (χ0) is 6.69. The molecule has 0 unspecified atom stereocenters. The molecule has 0 aliphatic carbocycles. The molecule has 0 saturated carbocycles. The molecule has 0 heterocycles. The van der Waals surface area contributed by atoms with Gasteiger partial charge in [-0.15, -0.1) is 0 Å². The quantitative estimate of drug-likeness (QED) is 0.408. The van der Waals surface area contributed by atoms with E-state index >= 15 is 0 Å². The largest absolute Gasteiger partial charge is 0.308 e. The highest BCUT2D eigenvalue weighted by Gasteiger charge is 2.03. The number of benzene rings is 1. The van der Waals surface area contributed by atoms with Crippen molar-refractivity contribution in [3.05, 3.63) is 30.3 Å². The fraction of sp³-hybridized carbons (Fsp3) is 0.143. The molecule has 0 amide bonds. The minimum Gasteiger partial charge on any atom is -0.308 e. The van der Waals surface area contributed by atoms with E-state index in [4.69, 9.17) is 0 Å². The van der Waals surface area contributed by atoms with E-state index in [-0.39, 0.29) is 0 Å². The Labute approximate surface area is 56.1 Å². The first kappa shape index (κ1) is 6.49. The predicted molar refractivity (Wildman–Crippen MR) is 38.8 cm³/mol. The van der Waals surface area contributed by atoms with Crippen LogP contribution in [-0.4, -0.2) is 9.13 Å². The molecule has 1 rings (SSSR count). The summed E-state index contributed by atoms with van der Waals surface area (Å²) in [6.07, 6.45) is 0. The Bertz CT molecular complexity index is 172. The molecule has 1 radical (unpaired) electrons. The first-order chi connectivity index (χ1) is 4.30. The first-order valence-electron chi connectivity index (χ1n) is 2.85. The fourth-order valence-electron chi connectivity index (χ4n) is 0.668. The maximum absolute atomic E-state index is 12.5. The van der Waals surface area contributed by atoms with Crippen molar-refractivity contribution in [1.82, 2.24) is 0 Å². The summed E-state index contributed by atoms with van der Waals surface area (Å²) >= 11 is 0. The van der Waals surface area contributed by atoms with Gasteiger partial charge in [0.05, 0.1) is 0 Å². The van der Waals surface area contributed by atoms with Crippen molar-refractivity contribution < 1.29 is 4.11 Å². The van der Waals surface area contributed by atoms with Crippen molar-refractivity contribution in [2.75, 3.05) is 0 Å². The highest BCUT2D eigenvalue weighted by Crippen LogP contribution is 1.87. The van der Waals surface area contributed by atoms with Gasteiger partial charge in [0.25, 0.3) is 0 Å². The van der Waals surface area contributed by atoms with Crippen molar-refractivity contribution in [2.45, 2.75) is 6.55 Å². The minimum atomic E-state index is -1.71. The average molecular weight is 139 g/mol. The van der Waals surface area contributed by atoms with E-state index in [1.165, 1.54) is 0 Å². The normalized spacial score (nSPS) is 10.1. The summed E-state index contributed by atoms with van der Waals surface area (Å²) in [5.74, 6) is 0. The van der Waals surface area contributed by atoms with Gasteiger partial charge in [-0.2, -0.15) is 0 Å². The molecule has 0 aliphatic heterocycles. The fourth-order valence-corrected chi connectivity index (χ4v) is 1.32. The molecule has 9 heavy (non-hydrogen) atoms. The van der Waals surface area contributed by atoms with Gasteiger partial charge in [0.2, 0.25) is 0 Å². The zero-order valence-corrected chi connectivity index (χ0v) is 6.26. The van der Waals surface area contributed by atoms with Crippen LogP contribution in [0.25, 0.3) is 0 Å². The summed E-state index contributed by atoms with van der Waals surface area (Å²) in [6, 6.07) is 9.28. The van der Waals surface area contributed by atoms with Crippen LogP contribution in [-0.2, 0) is 0 Å². The Morgan fingerprint density at radius 3 is 2.11 bits per heavy atom. The molecule has 2 heteroatoms. The lowest BCUT2D eigenvalue weighted by atomic mass is 10.4. The Kier molecular flexibility index (Phi) is 2.00. The van der Waals surface area contributed by atoms with Crippen LogP contribution in [0.15, 0.2) is 30.3 Å². The van der Waals surface area contributed by atoms with Crippen molar-refractivity contribution >= 4 is 14.3 Å². The Hall–Kier alpha value is -0.633. The van der Waals surface area contributed by atoms with Gasteiger partial charge in [0.1, 0.15) is 0 Å². The van der Waals surface area contributed by atoms with Gasteiger partial charge in [-0.25, -0.2) is 0 Å². The summed E-state index contributed by atoms with van der Waals surface area (Å²) in [6.45, 7) is 1.64. The van der Waals surface area contributed by atoms with E-state index in [0.717, 1.165) is 5.19 Å². The smallest absolute Gasteiger partial charge is 0.302 e. The zero-order valence-electron chi connectivity index (χ0n) is 5.26. The van der Waals surface area contributed by atoms with Gasteiger partial charge >= 0.3 is 9.13 Å². The molecule has 0 fully saturated rings. The third kappa shape index (κ3) is 1.64. The van der Waals surface area contributed by atoms with Gasteiger partial charge in [-0.05, 0) is 11.7 Å². The molecular weight excluding hydrogens is 131 g/mol. The molecule has 0 aliphatic rings. The SMILES string of the molecule is C[Si](F)c1ccccc1. The Morgan fingerprint density at radius 2 is 1.78 bits per heavy atom. The van der Waals surface area contributed by atoms with Gasteiger partial charge < -0.3 is 4.11 Å². The van der Waals surface area contributed by atoms with Crippen molar-refractivity contribution in [2.24, 2.45) is 0 Å². The van der Waals surface area contributed by atoms with Crippen LogP contribution in [0.3, 0.4) is 0 Å². The molecule has 0 atom stereocenters. The lowest BCUT2D eigenvalue weighted by molar-refractivity contribution is 0.856. The Balaban J connectivity index is 2.85. The van der Waals surface area contributed by atoms with Crippen LogP contribution < -0.4 is 5.19 Å². The first-order valence-corrected chi connectivity index (χ1v) is 4.73. The molecule has 0 saturated heterocycles. The summed E-state index contributed by atoms with van der Waals surface area (Å²) in [7, 11) is -1.71. The second-order valence-corrected chi connectivity index (χ2v) is 3.54. The number of hydrogen-bond acceptors (Lipinski definition) is 0. The van der Waals surface area contributed by atoms with Crippen LogP contribution in [0.4, 0.5) is 4.11 Å². The van der Waals surface area contributed by atoms with Crippen molar-refractivity contribution in [3.8, 4) is 0 Å². The van der Waals surface area contributed by atoms with E-state index in [1.807, 2.05) is 30.3 Å². The molecule has 0 bridgehead atoms. The number of rotatable bonds is 1. The van der Waals surface area contributed by atoms with Gasteiger partial charge in [0, 0.05) is 0 Å². The van der Waals surface area contributed by atoms with E-state index in [1.54, 1.807) is 6.55 Å². The van der Waals surface area contributed by atoms with Crippen LogP contribution >= 0.6 is 0 Å². The van der Waals surface area contributed by atoms with Crippen LogP contribution in [0, 0.1) is 0 Å². The number of halogens is 1.